The summed E-state index contributed by atoms with van der Waals surface area (Å²) in [5.74, 6) is 2.08. The maximum atomic E-state index is 5.41. The lowest BCUT2D eigenvalue weighted by Crippen LogP contribution is -2.28. The third-order valence-corrected chi connectivity index (χ3v) is 3.77. The van der Waals surface area contributed by atoms with Crippen LogP contribution in [0.15, 0.2) is 24.3 Å². The van der Waals surface area contributed by atoms with Gasteiger partial charge in [0.2, 0.25) is 0 Å². The highest BCUT2D eigenvalue weighted by atomic mass is 35.5. The smallest absolute Gasteiger partial charge is 0.257 e. The number of nitrogens with zero attached hydrogens (tertiary/aromatic N) is 3. The molecular weight excluding hydrogens is 288 g/mol. The van der Waals surface area contributed by atoms with Gasteiger partial charge in [-0.05, 0) is 37.6 Å². The van der Waals surface area contributed by atoms with Crippen LogP contribution in [0.2, 0.25) is 0 Å². The standard InChI is InChI=1S/C15H20N4O.ClH/c1-19(10-11-7-8-16-9-11)14-15(20-2)18-13-6-4-3-5-12(13)17-14;/h3-6,11,16H,7-10H2,1-2H3;1H. The van der Waals surface area contributed by atoms with Crippen LogP contribution in [0.1, 0.15) is 6.42 Å². The molecule has 1 aliphatic rings. The van der Waals surface area contributed by atoms with Gasteiger partial charge < -0.3 is 15.0 Å². The van der Waals surface area contributed by atoms with Crippen molar-refractivity contribution < 1.29 is 4.74 Å². The summed E-state index contributed by atoms with van der Waals surface area (Å²) in [5, 5.41) is 3.39. The molecule has 1 aromatic heterocycles. The van der Waals surface area contributed by atoms with Crippen LogP contribution in [0, 0.1) is 5.92 Å². The van der Waals surface area contributed by atoms with Crippen LogP contribution in [-0.4, -0.2) is 43.8 Å². The number of aromatic nitrogens is 2. The summed E-state index contributed by atoms with van der Waals surface area (Å²) in [6.45, 7) is 3.16. The van der Waals surface area contributed by atoms with Gasteiger partial charge in [-0.25, -0.2) is 9.97 Å². The molecule has 0 bridgehead atoms. The Hall–Kier alpha value is -1.59. The van der Waals surface area contributed by atoms with Crippen LogP contribution in [0.5, 0.6) is 5.88 Å². The quantitative estimate of drug-likeness (QED) is 0.937. The van der Waals surface area contributed by atoms with Crippen molar-refractivity contribution in [1.82, 2.24) is 15.3 Å². The number of nitrogens with one attached hydrogen (secondary N) is 1. The number of anilines is 1. The van der Waals surface area contributed by atoms with E-state index in [4.69, 9.17) is 9.72 Å². The first kappa shape index (κ1) is 15.8. The zero-order valence-corrected chi connectivity index (χ0v) is 13.2. The van der Waals surface area contributed by atoms with E-state index in [1.54, 1.807) is 7.11 Å². The first-order valence-corrected chi connectivity index (χ1v) is 7.00. The minimum Gasteiger partial charge on any atom is -0.478 e. The normalized spacial score (nSPS) is 17.5. The van der Waals surface area contributed by atoms with Crippen LogP contribution in [0.4, 0.5) is 5.82 Å². The van der Waals surface area contributed by atoms with Gasteiger partial charge in [0.1, 0.15) is 0 Å². The number of halogens is 1. The fourth-order valence-corrected chi connectivity index (χ4v) is 2.70. The minimum atomic E-state index is 0. The molecule has 1 fully saturated rings. The van der Waals surface area contributed by atoms with Crippen molar-refractivity contribution in [3.05, 3.63) is 24.3 Å². The van der Waals surface area contributed by atoms with E-state index in [-0.39, 0.29) is 12.4 Å². The monoisotopic (exact) mass is 308 g/mol. The zero-order chi connectivity index (χ0) is 13.9. The lowest BCUT2D eigenvalue weighted by atomic mass is 10.1. The number of benzene rings is 1. The molecule has 6 heteroatoms. The number of hydrogen-bond donors (Lipinski definition) is 1. The van der Waals surface area contributed by atoms with Crippen LogP contribution in [0.3, 0.4) is 0 Å². The molecule has 3 rings (SSSR count). The van der Waals surface area contributed by atoms with Gasteiger partial charge in [-0.1, -0.05) is 12.1 Å². The third-order valence-electron chi connectivity index (χ3n) is 3.77. The van der Waals surface area contributed by atoms with Gasteiger partial charge in [0, 0.05) is 13.6 Å². The fraction of sp³-hybridized carbons (Fsp3) is 0.467. The first-order chi connectivity index (χ1) is 9.78. The molecule has 0 aliphatic carbocycles. The lowest BCUT2D eigenvalue weighted by Gasteiger charge is -2.23. The first-order valence-electron chi connectivity index (χ1n) is 7.00. The molecular formula is C15H21ClN4O. The van der Waals surface area contributed by atoms with Gasteiger partial charge >= 0.3 is 0 Å². The van der Waals surface area contributed by atoms with Crippen molar-refractivity contribution in [3.63, 3.8) is 0 Å². The number of rotatable bonds is 4. The van der Waals surface area contributed by atoms with Crippen molar-refractivity contribution in [1.29, 1.82) is 0 Å². The number of para-hydroxylation sites is 2. The average Bonchev–Trinajstić information content (AvgIpc) is 2.98. The predicted molar refractivity (Wildman–Crippen MR) is 87.6 cm³/mol. The molecule has 0 amide bonds. The van der Waals surface area contributed by atoms with E-state index >= 15 is 0 Å². The molecule has 0 saturated carbocycles. The van der Waals surface area contributed by atoms with E-state index in [9.17, 15) is 0 Å². The van der Waals surface area contributed by atoms with Crippen molar-refractivity contribution >= 4 is 29.3 Å². The lowest BCUT2D eigenvalue weighted by molar-refractivity contribution is 0.397. The molecule has 21 heavy (non-hydrogen) atoms. The Morgan fingerprint density at radius 3 is 2.62 bits per heavy atom. The van der Waals surface area contributed by atoms with E-state index in [1.807, 2.05) is 24.3 Å². The largest absolute Gasteiger partial charge is 0.478 e. The number of methoxy groups -OCH3 is 1. The molecule has 2 heterocycles. The third kappa shape index (κ3) is 3.36. The summed E-state index contributed by atoms with van der Waals surface area (Å²) in [5.41, 5.74) is 1.77. The average molecular weight is 309 g/mol. The summed E-state index contributed by atoms with van der Waals surface area (Å²) < 4.78 is 5.41. The molecule has 0 spiro atoms. The second-order valence-electron chi connectivity index (χ2n) is 5.28. The summed E-state index contributed by atoms with van der Waals surface area (Å²) in [6, 6.07) is 7.88. The van der Waals surface area contributed by atoms with E-state index in [2.05, 4.69) is 22.2 Å². The Morgan fingerprint density at radius 1 is 1.29 bits per heavy atom. The molecule has 1 N–H and O–H groups in total. The van der Waals surface area contributed by atoms with Crippen molar-refractivity contribution in [2.75, 3.05) is 38.7 Å². The highest BCUT2D eigenvalue weighted by molar-refractivity contribution is 5.85. The number of ether oxygens (including phenoxy) is 1. The zero-order valence-electron chi connectivity index (χ0n) is 12.4. The van der Waals surface area contributed by atoms with Gasteiger partial charge in [0.15, 0.2) is 5.82 Å². The fourth-order valence-electron chi connectivity index (χ4n) is 2.70. The van der Waals surface area contributed by atoms with Crippen LogP contribution in [-0.2, 0) is 0 Å². The highest BCUT2D eigenvalue weighted by Gasteiger charge is 2.20. The SMILES string of the molecule is COc1nc2ccccc2nc1N(C)CC1CCNC1.Cl. The molecule has 2 aromatic rings. The number of fused-ring (bicyclic) bond motifs is 1. The van der Waals surface area contributed by atoms with E-state index in [1.165, 1.54) is 6.42 Å². The number of hydrogen-bond acceptors (Lipinski definition) is 5. The van der Waals surface area contributed by atoms with Crippen LogP contribution >= 0.6 is 12.4 Å². The summed E-state index contributed by atoms with van der Waals surface area (Å²) in [4.78, 5) is 11.4. The second-order valence-corrected chi connectivity index (χ2v) is 5.28. The topological polar surface area (TPSA) is 50.3 Å². The second kappa shape index (κ2) is 6.91. The molecule has 5 nitrogen and oxygen atoms in total. The highest BCUT2D eigenvalue weighted by Crippen LogP contribution is 2.26. The Bertz CT molecular complexity index is 601. The van der Waals surface area contributed by atoms with Gasteiger partial charge in [-0.3, -0.25) is 0 Å². The Balaban J connectivity index is 0.00000161. The van der Waals surface area contributed by atoms with Crippen molar-refractivity contribution in [2.24, 2.45) is 5.92 Å². The van der Waals surface area contributed by atoms with Gasteiger partial charge in [0.05, 0.1) is 18.1 Å². The molecule has 1 saturated heterocycles. The molecule has 114 valence electrons. The Kier molecular flexibility index (Phi) is 5.20. The summed E-state index contributed by atoms with van der Waals surface area (Å²) in [7, 11) is 3.70. The summed E-state index contributed by atoms with van der Waals surface area (Å²) in [6.07, 6.45) is 1.22. The van der Waals surface area contributed by atoms with E-state index in [0.29, 0.717) is 11.8 Å². The van der Waals surface area contributed by atoms with Gasteiger partial charge in [0.25, 0.3) is 5.88 Å². The minimum absolute atomic E-state index is 0. The van der Waals surface area contributed by atoms with E-state index in [0.717, 1.165) is 36.5 Å². The molecule has 1 aromatic carbocycles. The van der Waals surface area contributed by atoms with Gasteiger partial charge in [-0.15, -0.1) is 12.4 Å². The molecule has 1 atom stereocenters. The maximum absolute atomic E-state index is 5.41. The molecule has 0 radical (unpaired) electrons. The van der Waals surface area contributed by atoms with Crippen LogP contribution < -0.4 is 15.0 Å². The van der Waals surface area contributed by atoms with Crippen LogP contribution in [0.25, 0.3) is 11.0 Å². The Morgan fingerprint density at radius 2 is 2.00 bits per heavy atom. The van der Waals surface area contributed by atoms with Crippen molar-refractivity contribution in [2.45, 2.75) is 6.42 Å². The Labute approximate surface area is 131 Å². The van der Waals surface area contributed by atoms with Gasteiger partial charge in [-0.2, -0.15) is 0 Å². The maximum Gasteiger partial charge on any atom is 0.257 e. The molecule has 1 aliphatic heterocycles. The predicted octanol–water partition coefficient (Wildman–Crippen LogP) is 2.11. The van der Waals surface area contributed by atoms with E-state index < -0.39 is 0 Å². The van der Waals surface area contributed by atoms with Crippen molar-refractivity contribution in [3.8, 4) is 5.88 Å². The molecule has 1 unspecified atom stereocenters. The summed E-state index contributed by atoms with van der Waals surface area (Å²) >= 11 is 0.